The summed E-state index contributed by atoms with van der Waals surface area (Å²) in [6.07, 6.45) is -10.2. The van der Waals surface area contributed by atoms with Crippen LogP contribution in [0.25, 0.3) is 0 Å². The Morgan fingerprint density at radius 1 is 1.16 bits per heavy atom. The van der Waals surface area contributed by atoms with Gasteiger partial charge < -0.3 is 5.32 Å². The molecule has 25 heavy (non-hydrogen) atoms. The summed E-state index contributed by atoms with van der Waals surface area (Å²) in [5, 5.41) is 1.41. The van der Waals surface area contributed by atoms with E-state index in [1.165, 1.54) is 12.4 Å². The highest BCUT2D eigenvalue weighted by atomic mass is 32.2. The van der Waals surface area contributed by atoms with Crippen molar-refractivity contribution in [1.29, 1.82) is 0 Å². The first-order valence-electron chi connectivity index (χ1n) is 6.47. The van der Waals surface area contributed by atoms with E-state index in [-0.39, 0.29) is 10.9 Å². The molecule has 1 saturated heterocycles. The third-order valence-electron chi connectivity index (χ3n) is 3.09. The number of hydrogen-bond acceptors (Lipinski definition) is 3. The second-order valence-corrected chi connectivity index (χ2v) is 5.73. The minimum atomic E-state index is -5.12. The van der Waals surface area contributed by atoms with Gasteiger partial charge in [0.15, 0.2) is 5.17 Å². The summed E-state index contributed by atoms with van der Waals surface area (Å²) < 4.78 is 77.8. The van der Waals surface area contributed by atoms with Crippen molar-refractivity contribution in [2.24, 2.45) is 4.99 Å². The summed E-state index contributed by atoms with van der Waals surface area (Å²) in [5.41, 5.74) is -4.74. The molecule has 1 aromatic rings. The summed E-state index contributed by atoms with van der Waals surface area (Å²) in [5.74, 6) is -0.432. The Labute approximate surface area is 141 Å². The number of amidine groups is 1. The Kier molecular flexibility index (Phi) is 5.02. The zero-order valence-corrected chi connectivity index (χ0v) is 13.1. The number of nitrogens with zero attached hydrogens (tertiary/aromatic N) is 2. The van der Waals surface area contributed by atoms with E-state index in [4.69, 9.17) is 0 Å². The van der Waals surface area contributed by atoms with Gasteiger partial charge in [0.25, 0.3) is 0 Å². The SMILES string of the molecule is CN1C(=O)CSC1=NC(=O)Nc1c(C(F)(F)F)cccc1C(F)(F)F. The number of aliphatic imine (C=N–C) groups is 1. The normalized spacial score (nSPS) is 17.3. The van der Waals surface area contributed by atoms with Crippen LogP contribution in [0, 0.1) is 0 Å². The van der Waals surface area contributed by atoms with Gasteiger partial charge in [0.2, 0.25) is 5.91 Å². The lowest BCUT2D eigenvalue weighted by atomic mass is 10.1. The van der Waals surface area contributed by atoms with Crippen molar-refractivity contribution < 1.29 is 35.9 Å². The van der Waals surface area contributed by atoms with Crippen molar-refractivity contribution >= 4 is 34.6 Å². The van der Waals surface area contributed by atoms with E-state index in [1.54, 1.807) is 0 Å². The number of rotatable bonds is 1. The molecule has 1 aliphatic rings. The first-order chi connectivity index (χ1) is 11.4. The zero-order valence-electron chi connectivity index (χ0n) is 12.3. The molecule has 1 aromatic carbocycles. The molecule has 0 spiro atoms. The van der Waals surface area contributed by atoms with Crippen LogP contribution in [-0.4, -0.2) is 34.8 Å². The number of thioether (sulfide) groups is 1. The van der Waals surface area contributed by atoms with E-state index in [0.29, 0.717) is 18.2 Å². The van der Waals surface area contributed by atoms with Gasteiger partial charge in [-0.15, -0.1) is 0 Å². The number of benzene rings is 1. The molecule has 1 heterocycles. The van der Waals surface area contributed by atoms with Gasteiger partial charge in [-0.25, -0.2) is 4.79 Å². The lowest BCUT2D eigenvalue weighted by Gasteiger charge is -2.18. The van der Waals surface area contributed by atoms with Crippen molar-refractivity contribution in [3.63, 3.8) is 0 Å². The molecule has 0 atom stereocenters. The fourth-order valence-corrected chi connectivity index (χ4v) is 2.80. The Morgan fingerprint density at radius 2 is 1.68 bits per heavy atom. The Balaban J connectivity index is 2.42. The standard InChI is InChI=1S/C13H9F6N3O2S/c1-22-8(23)5-25-11(22)21-10(24)20-9-6(12(14,15)16)3-2-4-7(9)13(17,18)19/h2-4H,5H2,1H3,(H,20,24). The summed E-state index contributed by atoms with van der Waals surface area (Å²) in [4.78, 5) is 27.4. The van der Waals surface area contributed by atoms with Gasteiger partial charge in [-0.3, -0.25) is 9.69 Å². The van der Waals surface area contributed by atoms with Crippen LogP contribution in [0.3, 0.4) is 0 Å². The molecule has 2 rings (SSSR count). The van der Waals surface area contributed by atoms with Crippen LogP contribution >= 0.6 is 11.8 Å². The van der Waals surface area contributed by atoms with Crippen molar-refractivity contribution in [3.05, 3.63) is 29.3 Å². The largest absolute Gasteiger partial charge is 0.418 e. The monoisotopic (exact) mass is 385 g/mol. The molecular weight excluding hydrogens is 376 g/mol. The molecule has 0 radical (unpaired) electrons. The molecule has 1 fully saturated rings. The average Bonchev–Trinajstić information content (AvgIpc) is 2.77. The van der Waals surface area contributed by atoms with Crippen molar-refractivity contribution in [1.82, 2.24) is 4.90 Å². The third-order valence-corrected chi connectivity index (χ3v) is 4.10. The number of alkyl halides is 6. The van der Waals surface area contributed by atoms with E-state index >= 15 is 0 Å². The van der Waals surface area contributed by atoms with E-state index in [2.05, 4.69) is 4.99 Å². The quantitative estimate of drug-likeness (QED) is 0.748. The van der Waals surface area contributed by atoms with Crippen molar-refractivity contribution in [2.45, 2.75) is 12.4 Å². The number of carbonyl (C=O) groups excluding carboxylic acids is 2. The minimum Gasteiger partial charge on any atom is -0.305 e. The maximum absolute atomic E-state index is 13.0. The minimum absolute atomic E-state index is 0.0322. The molecule has 0 aromatic heterocycles. The Bertz CT molecular complexity index is 712. The fraction of sp³-hybridized carbons (Fsp3) is 0.308. The number of para-hydroxylation sites is 1. The van der Waals surface area contributed by atoms with E-state index in [0.717, 1.165) is 16.7 Å². The number of anilines is 1. The molecular formula is C13H9F6N3O2S. The molecule has 1 N–H and O–H groups in total. The highest BCUT2D eigenvalue weighted by molar-refractivity contribution is 8.15. The van der Waals surface area contributed by atoms with Gasteiger partial charge in [-0.1, -0.05) is 17.8 Å². The topological polar surface area (TPSA) is 61.8 Å². The molecule has 12 heteroatoms. The second-order valence-electron chi connectivity index (χ2n) is 4.79. The highest BCUT2D eigenvalue weighted by Crippen LogP contribution is 2.42. The van der Waals surface area contributed by atoms with Crippen molar-refractivity contribution in [3.8, 4) is 0 Å². The number of urea groups is 1. The van der Waals surface area contributed by atoms with Crippen LogP contribution in [0.1, 0.15) is 11.1 Å². The van der Waals surface area contributed by atoms with Gasteiger partial charge in [0.05, 0.1) is 22.6 Å². The first kappa shape index (κ1) is 19.1. The number of nitrogens with one attached hydrogen (secondary N) is 1. The van der Waals surface area contributed by atoms with Gasteiger partial charge in [-0.05, 0) is 12.1 Å². The number of hydrogen-bond donors (Lipinski definition) is 1. The van der Waals surface area contributed by atoms with E-state index in [1.807, 2.05) is 0 Å². The smallest absolute Gasteiger partial charge is 0.305 e. The van der Waals surface area contributed by atoms with Crippen LogP contribution in [-0.2, 0) is 17.1 Å². The van der Waals surface area contributed by atoms with E-state index in [9.17, 15) is 35.9 Å². The number of carbonyl (C=O) groups is 2. The molecule has 0 unspecified atom stereocenters. The van der Waals surface area contributed by atoms with Gasteiger partial charge in [0, 0.05) is 7.05 Å². The summed E-state index contributed by atoms with van der Waals surface area (Å²) in [7, 11) is 1.28. The predicted molar refractivity (Wildman–Crippen MR) is 78.1 cm³/mol. The van der Waals surface area contributed by atoms with Gasteiger partial charge in [0.1, 0.15) is 0 Å². The molecule has 0 saturated carbocycles. The fourth-order valence-electron chi connectivity index (χ4n) is 1.92. The van der Waals surface area contributed by atoms with Crippen molar-refractivity contribution in [2.75, 3.05) is 18.1 Å². The molecule has 1 aliphatic heterocycles. The molecule has 5 nitrogen and oxygen atoms in total. The molecule has 0 aliphatic carbocycles. The molecule has 136 valence electrons. The Hall–Kier alpha value is -2.24. The zero-order chi connectivity index (χ0) is 19.0. The van der Waals surface area contributed by atoms with Crippen LogP contribution < -0.4 is 5.32 Å². The lowest BCUT2D eigenvalue weighted by Crippen LogP contribution is -2.26. The maximum atomic E-state index is 13.0. The van der Waals surface area contributed by atoms with Gasteiger partial charge >= 0.3 is 18.4 Å². The second kappa shape index (κ2) is 6.58. The summed E-state index contributed by atoms with van der Waals surface area (Å²) in [6.45, 7) is 0. The molecule has 0 bridgehead atoms. The van der Waals surface area contributed by atoms with Crippen LogP contribution in [0.4, 0.5) is 36.8 Å². The number of halogens is 6. The van der Waals surface area contributed by atoms with E-state index < -0.39 is 41.1 Å². The first-order valence-corrected chi connectivity index (χ1v) is 7.46. The predicted octanol–water partition coefficient (Wildman–Crippen LogP) is 3.82. The summed E-state index contributed by atoms with van der Waals surface area (Å²) >= 11 is 0.838. The van der Waals surface area contributed by atoms with Gasteiger partial charge in [-0.2, -0.15) is 31.3 Å². The van der Waals surface area contributed by atoms with Crippen LogP contribution in [0.15, 0.2) is 23.2 Å². The average molecular weight is 385 g/mol. The Morgan fingerprint density at radius 3 is 2.08 bits per heavy atom. The maximum Gasteiger partial charge on any atom is 0.418 e. The third kappa shape index (κ3) is 4.24. The molecule has 3 amide bonds. The van der Waals surface area contributed by atoms with Crippen LogP contribution in [0.2, 0.25) is 0 Å². The number of amides is 3. The summed E-state index contributed by atoms with van der Waals surface area (Å²) in [6, 6.07) is -0.0335. The lowest BCUT2D eigenvalue weighted by molar-refractivity contribution is -0.141. The highest BCUT2D eigenvalue weighted by Gasteiger charge is 2.41. The van der Waals surface area contributed by atoms with Crippen LogP contribution in [0.5, 0.6) is 0 Å².